The van der Waals surface area contributed by atoms with Gasteiger partial charge in [-0.25, -0.2) is 4.98 Å². The van der Waals surface area contributed by atoms with E-state index in [1.54, 1.807) is 12.1 Å². The average molecular weight is 526 g/mol. The van der Waals surface area contributed by atoms with Crippen LogP contribution in [0.3, 0.4) is 0 Å². The molecule has 162 valence electrons. The number of hydrogen-bond acceptors (Lipinski definition) is 5. The van der Waals surface area contributed by atoms with Crippen LogP contribution in [0, 0.1) is 13.8 Å². The molecule has 0 aliphatic carbocycles. The van der Waals surface area contributed by atoms with Crippen LogP contribution in [0.15, 0.2) is 69.5 Å². The summed E-state index contributed by atoms with van der Waals surface area (Å²) >= 11 is 6.28. The molecule has 0 unspecified atom stereocenters. The lowest BCUT2D eigenvalue weighted by Gasteiger charge is -2.09. The van der Waals surface area contributed by atoms with Crippen LogP contribution in [0.5, 0.6) is 0 Å². The second-order valence-electron chi connectivity index (χ2n) is 7.21. The Bertz CT molecular complexity index is 1300. The number of hydrogen-bond donors (Lipinski definition) is 2. The molecule has 0 saturated heterocycles. The van der Waals surface area contributed by atoms with Crippen molar-refractivity contribution in [1.82, 2.24) is 4.98 Å². The van der Waals surface area contributed by atoms with Gasteiger partial charge in [0.05, 0.1) is 16.0 Å². The second kappa shape index (κ2) is 9.85. The van der Waals surface area contributed by atoms with Crippen molar-refractivity contribution in [1.29, 1.82) is 0 Å². The third-order valence-electron chi connectivity index (χ3n) is 4.94. The van der Waals surface area contributed by atoms with Gasteiger partial charge >= 0.3 is 0 Å². The third kappa shape index (κ3) is 5.38. The SMILES string of the molecule is Cc1cccc(NC(=O)CSc2nc3ccc(NC(=O)c4ccc(Br)cc4)cc3s2)c1C. The lowest BCUT2D eigenvalue weighted by Crippen LogP contribution is -2.15. The zero-order valence-electron chi connectivity index (χ0n) is 17.4. The van der Waals surface area contributed by atoms with Gasteiger partial charge in [0.25, 0.3) is 5.91 Å². The molecule has 2 N–H and O–H groups in total. The maximum absolute atomic E-state index is 12.5. The fourth-order valence-corrected chi connectivity index (χ4v) is 5.22. The number of amides is 2. The predicted molar refractivity (Wildman–Crippen MR) is 137 cm³/mol. The molecule has 32 heavy (non-hydrogen) atoms. The fraction of sp³-hybridized carbons (Fsp3) is 0.125. The molecule has 0 saturated carbocycles. The van der Waals surface area contributed by atoms with Gasteiger partial charge in [0.1, 0.15) is 0 Å². The molecule has 0 fully saturated rings. The molecule has 1 heterocycles. The number of benzene rings is 3. The predicted octanol–water partition coefficient (Wildman–Crippen LogP) is 6.66. The molecule has 4 rings (SSSR count). The minimum Gasteiger partial charge on any atom is -0.325 e. The Morgan fingerprint density at radius 3 is 2.59 bits per heavy atom. The van der Waals surface area contributed by atoms with E-state index in [-0.39, 0.29) is 17.6 Å². The molecule has 2 amide bonds. The molecule has 1 aromatic heterocycles. The number of nitrogens with one attached hydrogen (secondary N) is 2. The number of rotatable bonds is 6. The number of halogens is 1. The summed E-state index contributed by atoms with van der Waals surface area (Å²) in [6.45, 7) is 4.02. The first-order chi connectivity index (χ1) is 15.4. The minimum absolute atomic E-state index is 0.0644. The van der Waals surface area contributed by atoms with Gasteiger partial charge < -0.3 is 10.6 Å². The van der Waals surface area contributed by atoms with Crippen molar-refractivity contribution in [2.75, 3.05) is 16.4 Å². The van der Waals surface area contributed by atoms with Gasteiger partial charge in [-0.3, -0.25) is 9.59 Å². The van der Waals surface area contributed by atoms with Crippen molar-refractivity contribution in [2.24, 2.45) is 0 Å². The Balaban J connectivity index is 1.39. The summed E-state index contributed by atoms with van der Waals surface area (Å²) in [5, 5.41) is 5.89. The lowest BCUT2D eigenvalue weighted by atomic mass is 10.1. The van der Waals surface area contributed by atoms with Gasteiger partial charge in [-0.2, -0.15) is 0 Å². The molecule has 0 atom stereocenters. The van der Waals surface area contributed by atoms with Crippen molar-refractivity contribution >= 4 is 72.4 Å². The monoisotopic (exact) mass is 525 g/mol. The number of carbonyl (C=O) groups excluding carboxylic acids is 2. The summed E-state index contributed by atoms with van der Waals surface area (Å²) in [4.78, 5) is 29.4. The first kappa shape index (κ1) is 22.5. The number of nitrogens with zero attached hydrogens (tertiary/aromatic N) is 1. The van der Waals surface area contributed by atoms with E-state index in [9.17, 15) is 9.59 Å². The van der Waals surface area contributed by atoms with Crippen LogP contribution >= 0.6 is 39.0 Å². The summed E-state index contributed by atoms with van der Waals surface area (Å²) < 4.78 is 2.69. The lowest BCUT2D eigenvalue weighted by molar-refractivity contribution is -0.113. The maximum atomic E-state index is 12.5. The van der Waals surface area contributed by atoms with Crippen LogP contribution in [0.25, 0.3) is 10.2 Å². The number of carbonyl (C=O) groups is 2. The largest absolute Gasteiger partial charge is 0.325 e. The quantitative estimate of drug-likeness (QED) is 0.276. The van der Waals surface area contributed by atoms with Crippen molar-refractivity contribution < 1.29 is 9.59 Å². The van der Waals surface area contributed by atoms with E-state index >= 15 is 0 Å². The van der Waals surface area contributed by atoms with E-state index in [1.165, 1.54) is 23.1 Å². The third-order valence-corrected chi connectivity index (χ3v) is 7.63. The van der Waals surface area contributed by atoms with Crippen LogP contribution in [0.4, 0.5) is 11.4 Å². The van der Waals surface area contributed by atoms with Crippen molar-refractivity contribution in [2.45, 2.75) is 18.2 Å². The Kier molecular flexibility index (Phi) is 6.93. The Morgan fingerprint density at radius 2 is 1.81 bits per heavy atom. The van der Waals surface area contributed by atoms with E-state index in [4.69, 9.17) is 0 Å². The zero-order chi connectivity index (χ0) is 22.7. The Labute approximate surface area is 202 Å². The zero-order valence-corrected chi connectivity index (χ0v) is 20.7. The van der Waals surface area contributed by atoms with Gasteiger partial charge in [-0.1, -0.05) is 39.8 Å². The molecule has 0 aliphatic rings. The number of aromatic nitrogens is 1. The summed E-state index contributed by atoms with van der Waals surface area (Å²) in [5.74, 6) is 0.0462. The molecule has 0 spiro atoms. The number of anilines is 2. The molecule has 0 aliphatic heterocycles. The van der Waals surface area contributed by atoms with E-state index < -0.39 is 0 Å². The second-order valence-corrected chi connectivity index (χ2v) is 10.4. The smallest absolute Gasteiger partial charge is 0.255 e. The van der Waals surface area contributed by atoms with Crippen LogP contribution < -0.4 is 10.6 Å². The Hall–Kier alpha value is -2.68. The standard InChI is InChI=1S/C24H20BrN3O2S2/c1-14-4-3-5-19(15(14)2)27-22(29)13-31-24-28-20-11-10-18(12-21(20)32-24)26-23(30)16-6-8-17(25)9-7-16/h3-12H,13H2,1-2H3,(H,26,30)(H,27,29). The number of thioether (sulfide) groups is 1. The van der Waals surface area contributed by atoms with Crippen molar-refractivity contribution in [3.63, 3.8) is 0 Å². The molecular formula is C24H20BrN3O2S2. The van der Waals surface area contributed by atoms with E-state index in [1.807, 2.05) is 62.4 Å². The van der Waals surface area contributed by atoms with Gasteiger partial charge in [-0.15, -0.1) is 11.3 Å². The summed E-state index contributed by atoms with van der Waals surface area (Å²) in [7, 11) is 0. The molecule has 0 bridgehead atoms. The number of fused-ring (bicyclic) bond motifs is 1. The molecule has 3 aromatic carbocycles. The highest BCUT2D eigenvalue weighted by Crippen LogP contribution is 2.31. The molecule has 0 radical (unpaired) electrons. The summed E-state index contributed by atoms with van der Waals surface area (Å²) in [6, 6.07) is 18.7. The van der Waals surface area contributed by atoms with E-state index in [2.05, 4.69) is 31.5 Å². The average Bonchev–Trinajstić information content (AvgIpc) is 3.18. The maximum Gasteiger partial charge on any atom is 0.255 e. The van der Waals surface area contributed by atoms with Crippen molar-refractivity contribution in [3.05, 3.63) is 81.8 Å². The van der Waals surface area contributed by atoms with Gasteiger partial charge in [-0.05, 0) is 73.5 Å². The minimum atomic E-state index is -0.168. The number of aryl methyl sites for hydroxylation is 1. The number of thiazole rings is 1. The van der Waals surface area contributed by atoms with Crippen LogP contribution in [0.2, 0.25) is 0 Å². The van der Waals surface area contributed by atoms with E-state index in [0.717, 1.165) is 35.8 Å². The molecular weight excluding hydrogens is 506 g/mol. The molecule has 4 aromatic rings. The highest BCUT2D eigenvalue weighted by atomic mass is 79.9. The van der Waals surface area contributed by atoms with Crippen molar-refractivity contribution in [3.8, 4) is 0 Å². The van der Waals surface area contributed by atoms with Gasteiger partial charge in [0.2, 0.25) is 5.91 Å². The topological polar surface area (TPSA) is 71.1 Å². The van der Waals surface area contributed by atoms with Gasteiger partial charge in [0, 0.05) is 21.4 Å². The first-order valence-corrected chi connectivity index (χ1v) is 12.4. The Morgan fingerprint density at radius 1 is 1.03 bits per heavy atom. The molecule has 8 heteroatoms. The summed E-state index contributed by atoms with van der Waals surface area (Å²) in [5.41, 5.74) is 5.19. The first-order valence-electron chi connectivity index (χ1n) is 9.85. The fourth-order valence-electron chi connectivity index (χ4n) is 3.05. The van der Waals surface area contributed by atoms with Crippen LogP contribution in [0.1, 0.15) is 21.5 Å². The van der Waals surface area contributed by atoms with Crippen LogP contribution in [-0.2, 0) is 4.79 Å². The normalized spacial score (nSPS) is 10.8. The van der Waals surface area contributed by atoms with E-state index in [0.29, 0.717) is 11.3 Å². The van der Waals surface area contributed by atoms with Crippen LogP contribution in [-0.4, -0.2) is 22.6 Å². The molecule has 5 nitrogen and oxygen atoms in total. The highest BCUT2D eigenvalue weighted by molar-refractivity contribution is 9.10. The summed E-state index contributed by atoms with van der Waals surface area (Å²) in [6.07, 6.45) is 0. The van der Waals surface area contributed by atoms with Gasteiger partial charge in [0.15, 0.2) is 4.34 Å². The highest BCUT2D eigenvalue weighted by Gasteiger charge is 2.11.